The first kappa shape index (κ1) is 14.7. The Morgan fingerprint density at radius 2 is 2.00 bits per heavy atom. The largest absolute Gasteiger partial charge is 0.391 e. The van der Waals surface area contributed by atoms with Gasteiger partial charge in [0.2, 0.25) is 5.91 Å². The molecule has 1 aliphatic heterocycles. The molecule has 2 rings (SSSR count). The molecule has 0 spiro atoms. The van der Waals surface area contributed by atoms with Crippen molar-refractivity contribution in [1.82, 2.24) is 5.32 Å². The molecule has 0 aromatic heterocycles. The predicted octanol–water partition coefficient (Wildman–Crippen LogP) is 2.05. The average molecular weight is 284 g/mol. The van der Waals surface area contributed by atoms with Gasteiger partial charge in [-0.2, -0.15) is 0 Å². The summed E-state index contributed by atoms with van der Waals surface area (Å²) in [6.45, 7) is 0.776. The average Bonchev–Trinajstić information content (AvgIpc) is 2.40. The Morgan fingerprint density at radius 1 is 1.26 bits per heavy atom. The van der Waals surface area contributed by atoms with Gasteiger partial charge in [-0.3, -0.25) is 4.79 Å². The lowest BCUT2D eigenvalue weighted by molar-refractivity contribution is -0.126. The summed E-state index contributed by atoms with van der Waals surface area (Å²) >= 11 is 5.18. The zero-order valence-electron chi connectivity index (χ0n) is 11.5. The minimum atomic E-state index is -0.445. The lowest BCUT2D eigenvalue weighted by atomic mass is 9.81. The molecule has 2 aliphatic rings. The van der Waals surface area contributed by atoms with Crippen LogP contribution < -0.4 is 11.1 Å². The van der Waals surface area contributed by atoms with Crippen molar-refractivity contribution < 1.29 is 9.53 Å². The smallest absolute Gasteiger partial charge is 0.223 e. The van der Waals surface area contributed by atoms with Gasteiger partial charge >= 0.3 is 0 Å². The third-order valence-corrected chi connectivity index (χ3v) is 4.64. The monoisotopic (exact) mass is 284 g/mol. The van der Waals surface area contributed by atoms with E-state index in [9.17, 15) is 4.79 Å². The Kier molecular flexibility index (Phi) is 5.16. The van der Waals surface area contributed by atoms with Crippen molar-refractivity contribution in [3.05, 3.63) is 0 Å². The van der Waals surface area contributed by atoms with Gasteiger partial charge in [-0.25, -0.2) is 0 Å². The Bertz CT molecular complexity index is 334. The molecule has 0 aromatic carbocycles. The fourth-order valence-electron chi connectivity index (χ4n) is 3.08. The Morgan fingerprint density at radius 3 is 2.58 bits per heavy atom. The molecule has 4 nitrogen and oxygen atoms in total. The summed E-state index contributed by atoms with van der Waals surface area (Å²) in [7, 11) is 0. The summed E-state index contributed by atoms with van der Waals surface area (Å²) in [6, 6.07) is 0. The number of thiocarbonyl (C=S) groups is 1. The summed E-state index contributed by atoms with van der Waals surface area (Å²) in [5, 5.41) is 3.09. The molecular formula is C14H24N2O2S. The highest BCUT2D eigenvalue weighted by Crippen LogP contribution is 2.29. The molecule has 1 unspecified atom stereocenters. The molecule has 1 atom stereocenters. The molecule has 108 valence electrons. The van der Waals surface area contributed by atoms with Gasteiger partial charge in [0, 0.05) is 6.61 Å². The number of hydrogen-bond acceptors (Lipinski definition) is 3. The molecule has 3 N–H and O–H groups in total. The van der Waals surface area contributed by atoms with Crippen molar-refractivity contribution >= 4 is 23.1 Å². The second-order valence-corrected chi connectivity index (χ2v) is 6.19. The molecule has 1 amide bonds. The number of nitrogens with one attached hydrogen (secondary N) is 1. The van der Waals surface area contributed by atoms with Gasteiger partial charge in [-0.05, 0) is 32.1 Å². The predicted molar refractivity (Wildman–Crippen MR) is 79.0 cm³/mol. The molecule has 1 saturated heterocycles. The first-order chi connectivity index (χ1) is 9.12. The topological polar surface area (TPSA) is 64.3 Å². The lowest BCUT2D eigenvalue weighted by Gasteiger charge is -2.37. The van der Waals surface area contributed by atoms with Gasteiger partial charge in [0.1, 0.15) is 0 Å². The SMILES string of the molecule is NC(=S)C1(NC(=O)CC2CCCCO2)CCCCC1. The van der Waals surface area contributed by atoms with Gasteiger partial charge in [-0.1, -0.05) is 31.5 Å². The van der Waals surface area contributed by atoms with Gasteiger partial charge in [0.15, 0.2) is 0 Å². The van der Waals surface area contributed by atoms with E-state index in [1.807, 2.05) is 0 Å². The van der Waals surface area contributed by atoms with Crippen molar-refractivity contribution in [2.24, 2.45) is 5.73 Å². The molecule has 0 aromatic rings. The van der Waals surface area contributed by atoms with Gasteiger partial charge in [0.05, 0.1) is 23.1 Å². The molecule has 0 bridgehead atoms. The minimum Gasteiger partial charge on any atom is -0.391 e. The number of nitrogens with two attached hydrogens (primary N) is 1. The van der Waals surface area contributed by atoms with E-state index in [0.29, 0.717) is 11.4 Å². The van der Waals surface area contributed by atoms with Crippen LogP contribution >= 0.6 is 12.2 Å². The van der Waals surface area contributed by atoms with Crippen LogP contribution in [0.25, 0.3) is 0 Å². The van der Waals surface area contributed by atoms with E-state index in [-0.39, 0.29) is 12.0 Å². The third-order valence-electron chi connectivity index (χ3n) is 4.24. The van der Waals surface area contributed by atoms with Crippen molar-refractivity contribution in [2.45, 2.75) is 69.4 Å². The van der Waals surface area contributed by atoms with Crippen LogP contribution in [0.4, 0.5) is 0 Å². The lowest BCUT2D eigenvalue weighted by Crippen LogP contribution is -2.58. The van der Waals surface area contributed by atoms with Crippen molar-refractivity contribution in [3.8, 4) is 0 Å². The molecule has 2 fully saturated rings. The zero-order valence-corrected chi connectivity index (χ0v) is 12.3. The van der Waals surface area contributed by atoms with E-state index in [0.717, 1.165) is 51.6 Å². The zero-order chi connectivity index (χ0) is 13.7. The third kappa shape index (κ3) is 3.89. The number of ether oxygens (including phenoxy) is 1. The summed E-state index contributed by atoms with van der Waals surface area (Å²) in [5.41, 5.74) is 5.42. The molecule has 1 heterocycles. The van der Waals surface area contributed by atoms with Crippen LogP contribution in [0.1, 0.15) is 57.8 Å². The fourth-order valence-corrected chi connectivity index (χ4v) is 3.34. The van der Waals surface area contributed by atoms with E-state index in [1.54, 1.807) is 0 Å². The van der Waals surface area contributed by atoms with Crippen LogP contribution in [-0.4, -0.2) is 29.1 Å². The standard InChI is InChI=1S/C14H24N2O2S/c15-13(19)14(7-3-1-4-8-14)16-12(17)10-11-6-2-5-9-18-11/h11H,1-10H2,(H2,15,19)(H,16,17). The second-order valence-electron chi connectivity index (χ2n) is 5.75. The number of amides is 1. The minimum absolute atomic E-state index is 0.0293. The summed E-state index contributed by atoms with van der Waals surface area (Å²) in [5.74, 6) is 0.0293. The van der Waals surface area contributed by atoms with Crippen LogP contribution in [0.15, 0.2) is 0 Å². The van der Waals surface area contributed by atoms with Crippen LogP contribution in [-0.2, 0) is 9.53 Å². The van der Waals surface area contributed by atoms with Crippen LogP contribution in [0, 0.1) is 0 Å². The van der Waals surface area contributed by atoms with E-state index in [4.69, 9.17) is 22.7 Å². The summed E-state index contributed by atoms with van der Waals surface area (Å²) in [4.78, 5) is 12.6. The van der Waals surface area contributed by atoms with Gasteiger partial charge in [-0.15, -0.1) is 0 Å². The Hall–Kier alpha value is -0.680. The molecule has 1 aliphatic carbocycles. The van der Waals surface area contributed by atoms with Gasteiger partial charge in [0.25, 0.3) is 0 Å². The highest BCUT2D eigenvalue weighted by Gasteiger charge is 2.36. The first-order valence-electron chi connectivity index (χ1n) is 7.35. The number of rotatable bonds is 4. The first-order valence-corrected chi connectivity index (χ1v) is 7.76. The van der Waals surface area contributed by atoms with E-state index >= 15 is 0 Å². The quantitative estimate of drug-likeness (QED) is 0.776. The van der Waals surface area contributed by atoms with Crippen molar-refractivity contribution in [1.29, 1.82) is 0 Å². The number of carbonyl (C=O) groups excluding carboxylic acids is 1. The Balaban J connectivity index is 1.89. The molecule has 1 saturated carbocycles. The fraction of sp³-hybridized carbons (Fsp3) is 0.857. The van der Waals surface area contributed by atoms with Crippen LogP contribution in [0.3, 0.4) is 0 Å². The molecule has 0 radical (unpaired) electrons. The summed E-state index contributed by atoms with van der Waals surface area (Å²) in [6.07, 6.45) is 8.85. The van der Waals surface area contributed by atoms with Crippen molar-refractivity contribution in [2.75, 3.05) is 6.61 Å². The summed E-state index contributed by atoms with van der Waals surface area (Å²) < 4.78 is 5.61. The van der Waals surface area contributed by atoms with E-state index < -0.39 is 5.54 Å². The van der Waals surface area contributed by atoms with E-state index in [2.05, 4.69) is 5.32 Å². The maximum atomic E-state index is 12.2. The number of carbonyl (C=O) groups is 1. The molecule has 5 heteroatoms. The highest BCUT2D eigenvalue weighted by molar-refractivity contribution is 7.80. The van der Waals surface area contributed by atoms with E-state index in [1.165, 1.54) is 6.42 Å². The normalized spacial score (nSPS) is 26.6. The molecular weight excluding hydrogens is 260 g/mol. The van der Waals surface area contributed by atoms with Gasteiger partial charge < -0.3 is 15.8 Å². The van der Waals surface area contributed by atoms with Crippen LogP contribution in [0.2, 0.25) is 0 Å². The second kappa shape index (κ2) is 6.66. The molecule has 19 heavy (non-hydrogen) atoms. The Labute approximate surface area is 120 Å². The number of hydrogen-bond donors (Lipinski definition) is 2. The van der Waals surface area contributed by atoms with Crippen molar-refractivity contribution in [3.63, 3.8) is 0 Å². The maximum absolute atomic E-state index is 12.2. The highest BCUT2D eigenvalue weighted by atomic mass is 32.1. The maximum Gasteiger partial charge on any atom is 0.223 e. The van der Waals surface area contributed by atoms with Crippen LogP contribution in [0.5, 0.6) is 0 Å².